The Hall–Kier alpha value is -3.31. The molecule has 3 aromatic rings. The van der Waals surface area contributed by atoms with Crippen LogP contribution in [0.5, 0.6) is 11.5 Å². The lowest BCUT2D eigenvalue weighted by Gasteiger charge is -2.14. The Bertz CT molecular complexity index is 1060. The molecule has 3 aromatic carbocycles. The number of hydrogen-bond acceptors (Lipinski definition) is 4. The third-order valence-electron chi connectivity index (χ3n) is 4.38. The van der Waals surface area contributed by atoms with Gasteiger partial charge in [0.25, 0.3) is 0 Å². The molecule has 0 radical (unpaired) electrons. The number of hydrogen-bond donors (Lipinski definition) is 1. The van der Waals surface area contributed by atoms with Crippen molar-refractivity contribution in [3.63, 3.8) is 0 Å². The number of aliphatic imine (C=N–C) groups is 1. The summed E-state index contributed by atoms with van der Waals surface area (Å²) in [5.41, 5.74) is 3.81. The van der Waals surface area contributed by atoms with E-state index in [0.717, 1.165) is 22.4 Å². The fraction of sp³-hybridized carbons (Fsp3) is 0.167. The molecule has 6 heteroatoms. The average molecular weight is 424 g/mol. The van der Waals surface area contributed by atoms with E-state index in [1.165, 1.54) is 12.1 Å². The summed E-state index contributed by atoms with van der Waals surface area (Å²) in [6, 6.07) is 18.0. The number of benzene rings is 3. The predicted molar refractivity (Wildman–Crippen MR) is 119 cm³/mol. The topological polar surface area (TPSA) is 68.1 Å². The molecule has 0 unspecified atom stereocenters. The molecule has 0 amide bonds. The zero-order valence-corrected chi connectivity index (χ0v) is 17.5. The summed E-state index contributed by atoms with van der Waals surface area (Å²) < 4.78 is 11.6. The van der Waals surface area contributed by atoms with E-state index < -0.39 is 5.97 Å². The molecule has 0 saturated heterocycles. The molecule has 0 aromatic heterocycles. The summed E-state index contributed by atoms with van der Waals surface area (Å²) in [5.74, 6) is -0.000599. The smallest absolute Gasteiger partial charge is 0.335 e. The summed E-state index contributed by atoms with van der Waals surface area (Å²) in [7, 11) is 0. The minimum Gasteiger partial charge on any atom is -0.490 e. The van der Waals surface area contributed by atoms with E-state index in [0.29, 0.717) is 23.1 Å². The van der Waals surface area contributed by atoms with Crippen LogP contribution in [0.25, 0.3) is 0 Å². The largest absolute Gasteiger partial charge is 0.490 e. The third kappa shape index (κ3) is 5.39. The van der Waals surface area contributed by atoms with Gasteiger partial charge in [0.1, 0.15) is 6.61 Å². The van der Waals surface area contributed by atoms with Crippen LogP contribution >= 0.6 is 11.6 Å². The number of aryl methyl sites for hydroxylation is 1. The highest BCUT2D eigenvalue weighted by molar-refractivity contribution is 6.32. The monoisotopic (exact) mass is 423 g/mol. The van der Waals surface area contributed by atoms with Crippen molar-refractivity contribution in [2.45, 2.75) is 20.5 Å². The van der Waals surface area contributed by atoms with Crippen LogP contribution in [0.1, 0.15) is 34.0 Å². The Kier molecular flexibility index (Phi) is 7.09. The van der Waals surface area contributed by atoms with Gasteiger partial charge in [-0.1, -0.05) is 41.9 Å². The van der Waals surface area contributed by atoms with Gasteiger partial charge < -0.3 is 14.6 Å². The molecule has 0 aliphatic rings. The lowest BCUT2D eigenvalue weighted by atomic mass is 10.1. The second-order valence-electron chi connectivity index (χ2n) is 6.60. The van der Waals surface area contributed by atoms with E-state index in [-0.39, 0.29) is 12.2 Å². The minimum absolute atomic E-state index is 0.226. The van der Waals surface area contributed by atoms with Gasteiger partial charge in [0.2, 0.25) is 0 Å². The van der Waals surface area contributed by atoms with E-state index >= 15 is 0 Å². The first kappa shape index (κ1) is 21.4. The molecule has 0 spiro atoms. The lowest BCUT2D eigenvalue weighted by Crippen LogP contribution is -2.02. The average Bonchev–Trinajstić information content (AvgIpc) is 2.73. The molecule has 5 nitrogen and oxygen atoms in total. The summed E-state index contributed by atoms with van der Waals surface area (Å²) in [5, 5.41) is 9.41. The number of carboxylic acid groups (broad SMARTS) is 1. The Morgan fingerprint density at radius 2 is 1.83 bits per heavy atom. The summed E-state index contributed by atoms with van der Waals surface area (Å²) in [4.78, 5) is 15.5. The first-order valence-electron chi connectivity index (χ1n) is 9.49. The highest BCUT2D eigenvalue weighted by Crippen LogP contribution is 2.37. The van der Waals surface area contributed by atoms with Crippen LogP contribution in [0.3, 0.4) is 0 Å². The van der Waals surface area contributed by atoms with Crippen molar-refractivity contribution in [2.75, 3.05) is 6.61 Å². The van der Waals surface area contributed by atoms with Crippen LogP contribution in [0.15, 0.2) is 65.7 Å². The van der Waals surface area contributed by atoms with Crippen LogP contribution < -0.4 is 9.47 Å². The van der Waals surface area contributed by atoms with Gasteiger partial charge >= 0.3 is 5.97 Å². The van der Waals surface area contributed by atoms with Gasteiger partial charge in [0, 0.05) is 6.21 Å². The predicted octanol–water partition coefficient (Wildman–Crippen LogP) is 6.07. The van der Waals surface area contributed by atoms with Gasteiger partial charge in [-0.3, -0.25) is 4.99 Å². The Labute approximate surface area is 180 Å². The van der Waals surface area contributed by atoms with Crippen molar-refractivity contribution in [3.8, 4) is 11.5 Å². The number of rotatable bonds is 8. The molecule has 0 fully saturated rings. The van der Waals surface area contributed by atoms with Crippen LogP contribution in [0.4, 0.5) is 5.69 Å². The summed E-state index contributed by atoms with van der Waals surface area (Å²) >= 11 is 6.47. The zero-order valence-electron chi connectivity index (χ0n) is 16.8. The molecule has 0 saturated carbocycles. The van der Waals surface area contributed by atoms with E-state index in [1.807, 2.05) is 44.2 Å². The minimum atomic E-state index is -0.966. The van der Waals surface area contributed by atoms with Gasteiger partial charge in [0.05, 0.1) is 22.9 Å². The number of aromatic carboxylic acids is 1. The second kappa shape index (κ2) is 9.94. The summed E-state index contributed by atoms with van der Waals surface area (Å²) in [6.45, 7) is 4.58. The first-order chi connectivity index (χ1) is 14.5. The normalized spacial score (nSPS) is 10.9. The quantitative estimate of drug-likeness (QED) is 0.446. The Balaban J connectivity index is 1.80. The molecule has 0 heterocycles. The first-order valence-corrected chi connectivity index (χ1v) is 9.86. The van der Waals surface area contributed by atoms with Gasteiger partial charge in [-0.15, -0.1) is 0 Å². The van der Waals surface area contributed by atoms with Crippen LogP contribution in [-0.4, -0.2) is 23.9 Å². The number of carboxylic acids is 1. The van der Waals surface area contributed by atoms with Gasteiger partial charge in [-0.25, -0.2) is 4.79 Å². The fourth-order valence-electron chi connectivity index (χ4n) is 2.82. The fourth-order valence-corrected chi connectivity index (χ4v) is 3.09. The zero-order chi connectivity index (χ0) is 21.5. The number of halogens is 1. The van der Waals surface area contributed by atoms with Crippen molar-refractivity contribution in [3.05, 3.63) is 87.9 Å². The van der Waals surface area contributed by atoms with E-state index in [4.69, 9.17) is 26.2 Å². The van der Waals surface area contributed by atoms with Crippen LogP contribution in [0.2, 0.25) is 5.02 Å². The maximum absolute atomic E-state index is 11.0. The van der Waals surface area contributed by atoms with Gasteiger partial charge in [0.15, 0.2) is 11.5 Å². The SMILES string of the molecule is CCOc1cc(C=Nc2ccccc2C)cc(Cl)c1OCc1ccc(C(=O)O)cc1. The van der Waals surface area contributed by atoms with Crippen molar-refractivity contribution in [1.29, 1.82) is 0 Å². The molecule has 30 heavy (non-hydrogen) atoms. The summed E-state index contributed by atoms with van der Waals surface area (Å²) in [6.07, 6.45) is 1.74. The van der Waals surface area contributed by atoms with Gasteiger partial charge in [-0.05, 0) is 60.9 Å². The standard InChI is InChI=1S/C24H22ClNO4/c1-3-29-22-13-18(14-26-21-7-5-4-6-16(21)2)12-20(25)23(22)30-15-17-8-10-19(11-9-17)24(27)28/h4-14H,3,15H2,1-2H3,(H,27,28). The molecular weight excluding hydrogens is 402 g/mol. The van der Waals surface area contributed by atoms with Crippen LogP contribution in [0, 0.1) is 6.92 Å². The molecule has 154 valence electrons. The maximum Gasteiger partial charge on any atom is 0.335 e. The number of carbonyl (C=O) groups is 1. The van der Waals surface area contributed by atoms with E-state index in [9.17, 15) is 4.79 Å². The van der Waals surface area contributed by atoms with Crippen molar-refractivity contribution in [1.82, 2.24) is 0 Å². The third-order valence-corrected chi connectivity index (χ3v) is 4.66. The number of ether oxygens (including phenoxy) is 2. The molecule has 1 N–H and O–H groups in total. The molecule has 3 rings (SSSR count). The Morgan fingerprint density at radius 3 is 2.50 bits per heavy atom. The Morgan fingerprint density at radius 1 is 1.10 bits per heavy atom. The number of nitrogens with zero attached hydrogens (tertiary/aromatic N) is 1. The van der Waals surface area contributed by atoms with Crippen molar-refractivity contribution < 1.29 is 19.4 Å². The highest BCUT2D eigenvalue weighted by atomic mass is 35.5. The second-order valence-corrected chi connectivity index (χ2v) is 7.01. The van der Waals surface area contributed by atoms with E-state index in [1.54, 1.807) is 24.4 Å². The van der Waals surface area contributed by atoms with Crippen molar-refractivity contribution >= 4 is 29.5 Å². The van der Waals surface area contributed by atoms with Crippen LogP contribution in [-0.2, 0) is 6.61 Å². The van der Waals surface area contributed by atoms with Gasteiger partial charge in [-0.2, -0.15) is 0 Å². The highest BCUT2D eigenvalue weighted by Gasteiger charge is 2.13. The molecule has 0 aliphatic heterocycles. The maximum atomic E-state index is 11.0. The van der Waals surface area contributed by atoms with E-state index in [2.05, 4.69) is 4.99 Å². The number of para-hydroxylation sites is 1. The molecular formula is C24H22ClNO4. The molecule has 0 bridgehead atoms. The lowest BCUT2D eigenvalue weighted by molar-refractivity contribution is 0.0697. The van der Waals surface area contributed by atoms with Crippen molar-refractivity contribution in [2.24, 2.45) is 4.99 Å². The molecule has 0 atom stereocenters. The molecule has 0 aliphatic carbocycles.